The molecule has 0 spiro atoms. The van der Waals surface area contributed by atoms with E-state index in [0.29, 0.717) is 18.7 Å². The zero-order valence-corrected chi connectivity index (χ0v) is 15.6. The molecule has 1 N–H and O–H groups in total. The number of piperidine rings is 1. The van der Waals surface area contributed by atoms with Crippen molar-refractivity contribution in [2.75, 3.05) is 6.54 Å². The number of carbonyl (C=O) groups is 2. The first-order valence-electron chi connectivity index (χ1n) is 8.85. The van der Waals surface area contributed by atoms with E-state index >= 15 is 0 Å². The smallest absolute Gasteiger partial charge is 0.410 e. The largest absolute Gasteiger partial charge is 0.445 e. The lowest BCUT2D eigenvalue weighted by molar-refractivity contribution is -0.127. The highest BCUT2D eigenvalue weighted by atomic mass is 35.5. The van der Waals surface area contributed by atoms with E-state index in [1.54, 1.807) is 0 Å². The maximum Gasteiger partial charge on any atom is 0.410 e. The van der Waals surface area contributed by atoms with Crippen LogP contribution >= 0.6 is 11.6 Å². The standard InChI is InChI=1S/C19H21ClN4O3/c20-17-15(21-9-10-22-17)12-23-18(25)16-8-4-5-11-24(16)19(26)27-13-14-6-2-1-3-7-14/h1-3,6-7,9-10,16H,4-5,8,11-13H2,(H,23,25). The minimum atomic E-state index is -0.558. The van der Waals surface area contributed by atoms with Crippen LogP contribution in [0.1, 0.15) is 30.5 Å². The second-order valence-corrected chi connectivity index (χ2v) is 6.61. The van der Waals surface area contributed by atoms with Crippen molar-refractivity contribution in [2.24, 2.45) is 0 Å². The van der Waals surface area contributed by atoms with E-state index in [4.69, 9.17) is 16.3 Å². The molecule has 1 atom stereocenters. The van der Waals surface area contributed by atoms with Crippen LogP contribution in [0.4, 0.5) is 4.79 Å². The predicted octanol–water partition coefficient (Wildman–Crippen LogP) is 2.94. The summed E-state index contributed by atoms with van der Waals surface area (Å²) in [6, 6.07) is 8.89. The number of nitrogens with zero attached hydrogens (tertiary/aromatic N) is 3. The SMILES string of the molecule is O=C(NCc1nccnc1Cl)C1CCCCN1C(=O)OCc1ccccc1. The predicted molar refractivity (Wildman–Crippen MR) is 99.9 cm³/mol. The first-order valence-corrected chi connectivity index (χ1v) is 9.23. The zero-order chi connectivity index (χ0) is 19.1. The molecule has 0 saturated carbocycles. The molecule has 27 heavy (non-hydrogen) atoms. The fraction of sp³-hybridized carbons (Fsp3) is 0.368. The molecule has 0 bridgehead atoms. The molecule has 1 unspecified atom stereocenters. The lowest BCUT2D eigenvalue weighted by atomic mass is 10.0. The summed E-state index contributed by atoms with van der Waals surface area (Å²) in [6.07, 6.45) is 4.85. The Kier molecular flexibility index (Phi) is 6.59. The normalized spacial score (nSPS) is 16.6. The number of nitrogens with one attached hydrogen (secondary N) is 1. The first-order chi connectivity index (χ1) is 13.1. The Morgan fingerprint density at radius 1 is 1.19 bits per heavy atom. The van der Waals surface area contributed by atoms with Crippen molar-refractivity contribution in [3.8, 4) is 0 Å². The van der Waals surface area contributed by atoms with Crippen molar-refractivity contribution in [3.05, 3.63) is 59.1 Å². The van der Waals surface area contributed by atoms with E-state index in [9.17, 15) is 9.59 Å². The minimum Gasteiger partial charge on any atom is -0.445 e. The fourth-order valence-electron chi connectivity index (χ4n) is 2.98. The Hall–Kier alpha value is -2.67. The van der Waals surface area contributed by atoms with Gasteiger partial charge in [0.1, 0.15) is 12.6 Å². The molecule has 2 amide bonds. The minimum absolute atomic E-state index is 0.162. The van der Waals surface area contributed by atoms with Crippen LogP contribution in [0, 0.1) is 0 Å². The quantitative estimate of drug-likeness (QED) is 0.851. The highest BCUT2D eigenvalue weighted by Crippen LogP contribution is 2.19. The van der Waals surface area contributed by atoms with Gasteiger partial charge in [-0.3, -0.25) is 14.7 Å². The zero-order valence-electron chi connectivity index (χ0n) is 14.8. The van der Waals surface area contributed by atoms with Gasteiger partial charge in [-0.15, -0.1) is 0 Å². The number of hydrogen-bond donors (Lipinski definition) is 1. The van der Waals surface area contributed by atoms with Gasteiger partial charge in [0.05, 0.1) is 12.2 Å². The third kappa shape index (κ3) is 5.17. The van der Waals surface area contributed by atoms with E-state index in [1.165, 1.54) is 17.3 Å². The molecule has 142 valence electrons. The lowest BCUT2D eigenvalue weighted by Crippen LogP contribution is -2.51. The maximum atomic E-state index is 12.6. The molecule has 3 rings (SSSR count). The summed E-state index contributed by atoms with van der Waals surface area (Å²) in [5, 5.41) is 3.04. The molecule has 1 aromatic carbocycles. The number of aromatic nitrogens is 2. The van der Waals surface area contributed by atoms with Crippen molar-refractivity contribution >= 4 is 23.6 Å². The Labute approximate surface area is 162 Å². The number of benzene rings is 1. The van der Waals surface area contributed by atoms with Crippen molar-refractivity contribution < 1.29 is 14.3 Å². The van der Waals surface area contributed by atoms with E-state index in [0.717, 1.165) is 18.4 Å². The van der Waals surface area contributed by atoms with Gasteiger partial charge in [0.2, 0.25) is 5.91 Å². The molecule has 2 aromatic rings. The second kappa shape index (κ2) is 9.32. The molecular formula is C19H21ClN4O3. The molecule has 8 heteroatoms. The van der Waals surface area contributed by atoms with Crippen molar-refractivity contribution in [1.82, 2.24) is 20.2 Å². The molecule has 1 aromatic heterocycles. The average molecular weight is 389 g/mol. The molecular weight excluding hydrogens is 368 g/mol. The topological polar surface area (TPSA) is 84.4 Å². The first kappa shape index (κ1) is 19.1. The number of amides is 2. The molecule has 0 radical (unpaired) electrons. The van der Waals surface area contributed by atoms with Gasteiger partial charge in [-0.2, -0.15) is 0 Å². The molecule has 1 saturated heterocycles. The van der Waals surface area contributed by atoms with Crippen LogP contribution in [-0.2, 0) is 22.7 Å². The summed E-state index contributed by atoms with van der Waals surface area (Å²) in [5.74, 6) is -0.243. The summed E-state index contributed by atoms with van der Waals surface area (Å²) in [4.78, 5) is 34.6. The van der Waals surface area contributed by atoms with Gasteiger partial charge >= 0.3 is 6.09 Å². The van der Waals surface area contributed by atoms with Gasteiger partial charge in [-0.25, -0.2) is 9.78 Å². The van der Waals surface area contributed by atoms with Gasteiger partial charge < -0.3 is 10.1 Å². The van der Waals surface area contributed by atoms with Gasteiger partial charge in [0.15, 0.2) is 5.15 Å². The highest BCUT2D eigenvalue weighted by molar-refractivity contribution is 6.29. The lowest BCUT2D eigenvalue weighted by Gasteiger charge is -2.33. The van der Waals surface area contributed by atoms with Crippen molar-refractivity contribution in [1.29, 1.82) is 0 Å². The van der Waals surface area contributed by atoms with Crippen LogP contribution in [0.2, 0.25) is 5.15 Å². The van der Waals surface area contributed by atoms with E-state index in [1.807, 2.05) is 30.3 Å². The van der Waals surface area contributed by atoms with Gasteiger partial charge in [-0.1, -0.05) is 41.9 Å². The average Bonchev–Trinajstić information content (AvgIpc) is 2.72. The maximum absolute atomic E-state index is 12.6. The van der Waals surface area contributed by atoms with E-state index in [2.05, 4.69) is 15.3 Å². The summed E-state index contributed by atoms with van der Waals surface area (Å²) in [6.45, 7) is 0.840. The van der Waals surface area contributed by atoms with Crippen LogP contribution in [-0.4, -0.2) is 39.5 Å². The number of likely N-dealkylation sites (tertiary alicyclic amines) is 1. The Morgan fingerprint density at radius 2 is 1.96 bits per heavy atom. The Morgan fingerprint density at radius 3 is 2.74 bits per heavy atom. The molecule has 2 heterocycles. The summed E-state index contributed by atoms with van der Waals surface area (Å²) >= 11 is 5.96. The number of ether oxygens (including phenoxy) is 1. The molecule has 1 aliphatic rings. The number of hydrogen-bond acceptors (Lipinski definition) is 5. The van der Waals surface area contributed by atoms with Gasteiger partial charge in [0, 0.05) is 18.9 Å². The second-order valence-electron chi connectivity index (χ2n) is 6.26. The monoisotopic (exact) mass is 388 g/mol. The van der Waals surface area contributed by atoms with Crippen LogP contribution in [0.15, 0.2) is 42.7 Å². The summed E-state index contributed by atoms with van der Waals surface area (Å²) in [7, 11) is 0. The van der Waals surface area contributed by atoms with Crippen LogP contribution in [0.25, 0.3) is 0 Å². The third-order valence-electron chi connectivity index (χ3n) is 4.40. The fourth-order valence-corrected chi connectivity index (χ4v) is 3.15. The molecule has 7 nitrogen and oxygen atoms in total. The Bertz CT molecular complexity index is 788. The van der Waals surface area contributed by atoms with Crippen molar-refractivity contribution in [2.45, 2.75) is 38.5 Å². The van der Waals surface area contributed by atoms with Gasteiger partial charge in [0.25, 0.3) is 0 Å². The van der Waals surface area contributed by atoms with Gasteiger partial charge in [-0.05, 0) is 24.8 Å². The van der Waals surface area contributed by atoms with Crippen molar-refractivity contribution in [3.63, 3.8) is 0 Å². The number of rotatable bonds is 5. The van der Waals surface area contributed by atoms with Crippen LogP contribution in [0.3, 0.4) is 0 Å². The number of carbonyl (C=O) groups excluding carboxylic acids is 2. The summed E-state index contributed by atoms with van der Waals surface area (Å²) in [5.41, 5.74) is 1.39. The number of halogens is 1. The third-order valence-corrected chi connectivity index (χ3v) is 4.71. The summed E-state index contributed by atoms with van der Waals surface area (Å²) < 4.78 is 5.39. The molecule has 1 aliphatic heterocycles. The van der Waals surface area contributed by atoms with Crippen LogP contribution < -0.4 is 5.32 Å². The Balaban J connectivity index is 1.57. The van der Waals surface area contributed by atoms with Crippen LogP contribution in [0.5, 0.6) is 0 Å². The molecule has 0 aliphatic carbocycles. The van der Waals surface area contributed by atoms with E-state index < -0.39 is 12.1 Å². The van der Waals surface area contributed by atoms with E-state index in [-0.39, 0.29) is 24.2 Å². The molecule has 1 fully saturated rings. The highest BCUT2D eigenvalue weighted by Gasteiger charge is 2.33.